The Bertz CT molecular complexity index is 886. The molecule has 0 saturated carbocycles. The Morgan fingerprint density at radius 1 is 1.07 bits per heavy atom. The molecule has 2 fully saturated rings. The highest BCUT2D eigenvalue weighted by molar-refractivity contribution is 5.92. The Kier molecular flexibility index (Phi) is 5.50. The molecule has 1 aromatic heterocycles. The third-order valence-electron chi connectivity index (χ3n) is 6.23. The van der Waals surface area contributed by atoms with Gasteiger partial charge in [-0.25, -0.2) is 4.98 Å². The van der Waals surface area contributed by atoms with Crippen molar-refractivity contribution in [2.45, 2.75) is 25.4 Å². The molecule has 0 aliphatic carbocycles. The summed E-state index contributed by atoms with van der Waals surface area (Å²) in [6.07, 6.45) is 6.91. The van der Waals surface area contributed by atoms with Gasteiger partial charge < -0.3 is 14.4 Å². The number of fused-ring (bicyclic) bond motifs is 1. The van der Waals surface area contributed by atoms with E-state index in [-0.39, 0.29) is 5.91 Å². The largest absolute Gasteiger partial charge is 0.454 e. The summed E-state index contributed by atoms with van der Waals surface area (Å²) in [5.41, 5.74) is 1.69. The molecule has 0 N–H and O–H groups in total. The molecule has 2 saturated heterocycles. The number of carbonyl (C=O) groups is 1. The zero-order chi connectivity index (χ0) is 20.3. The summed E-state index contributed by atoms with van der Waals surface area (Å²) in [6, 6.07) is 6.63. The number of piperazine rings is 1. The molecule has 0 spiro atoms. The number of ether oxygens (including phenoxy) is 2. The van der Waals surface area contributed by atoms with Crippen LogP contribution in [-0.4, -0.2) is 82.7 Å². The number of hydrogen-bond acceptors (Lipinski definition) is 7. The van der Waals surface area contributed by atoms with Crippen molar-refractivity contribution in [3.05, 3.63) is 48.0 Å². The van der Waals surface area contributed by atoms with Crippen molar-refractivity contribution in [3.63, 3.8) is 0 Å². The fraction of sp³-hybridized carbons (Fsp3) is 0.500. The highest BCUT2D eigenvalue weighted by atomic mass is 16.7. The van der Waals surface area contributed by atoms with Gasteiger partial charge in [0, 0.05) is 64.2 Å². The van der Waals surface area contributed by atoms with E-state index in [0.717, 1.165) is 70.2 Å². The lowest BCUT2D eigenvalue weighted by molar-refractivity contribution is 0.0404. The quantitative estimate of drug-likeness (QED) is 0.760. The molecule has 8 nitrogen and oxygen atoms in total. The Morgan fingerprint density at radius 2 is 1.93 bits per heavy atom. The maximum absolute atomic E-state index is 12.7. The molecule has 8 heteroatoms. The molecule has 3 aliphatic heterocycles. The van der Waals surface area contributed by atoms with Crippen LogP contribution in [0.4, 0.5) is 0 Å². The first-order chi connectivity index (χ1) is 14.8. The molecular formula is C22H27N5O3. The summed E-state index contributed by atoms with van der Waals surface area (Å²) in [5.74, 6) is 1.68. The molecule has 158 valence electrons. The lowest BCUT2D eigenvalue weighted by atomic mass is 10.0. The van der Waals surface area contributed by atoms with E-state index in [4.69, 9.17) is 9.47 Å². The van der Waals surface area contributed by atoms with Gasteiger partial charge in [-0.3, -0.25) is 19.6 Å². The van der Waals surface area contributed by atoms with Crippen molar-refractivity contribution >= 4 is 5.91 Å². The molecule has 2 aromatic rings. The fourth-order valence-corrected chi connectivity index (χ4v) is 4.59. The highest BCUT2D eigenvalue weighted by Gasteiger charge is 2.30. The van der Waals surface area contributed by atoms with Gasteiger partial charge in [0.2, 0.25) is 6.79 Å². The van der Waals surface area contributed by atoms with Gasteiger partial charge >= 0.3 is 0 Å². The third kappa shape index (κ3) is 4.11. The number of nitrogens with zero attached hydrogens (tertiary/aromatic N) is 5. The van der Waals surface area contributed by atoms with Crippen molar-refractivity contribution < 1.29 is 14.3 Å². The summed E-state index contributed by atoms with van der Waals surface area (Å²) < 4.78 is 10.9. The predicted molar refractivity (Wildman–Crippen MR) is 110 cm³/mol. The zero-order valence-electron chi connectivity index (χ0n) is 17.1. The Labute approximate surface area is 176 Å². The standard InChI is InChI=1S/C22H27N5O3/c28-22(19-13-23-5-6-24-19)27-7-1-2-18(15-27)26-10-8-25(9-11-26)14-17-3-4-20-21(12-17)30-16-29-20/h3-6,12-13,18H,1-2,7-11,14-16H2/t18-/m0/s1. The summed E-state index contributed by atoms with van der Waals surface area (Å²) in [5, 5.41) is 0. The minimum atomic E-state index is -0.00533. The first kappa shape index (κ1) is 19.3. The van der Waals surface area contributed by atoms with Gasteiger partial charge in [-0.05, 0) is 30.5 Å². The van der Waals surface area contributed by atoms with Crippen LogP contribution in [0.1, 0.15) is 28.9 Å². The number of amides is 1. The first-order valence-corrected chi connectivity index (χ1v) is 10.7. The number of hydrogen-bond donors (Lipinski definition) is 0. The Balaban J connectivity index is 1.14. The van der Waals surface area contributed by atoms with Crippen LogP contribution in [0.25, 0.3) is 0 Å². The molecule has 1 atom stereocenters. The van der Waals surface area contributed by atoms with Crippen LogP contribution >= 0.6 is 0 Å². The van der Waals surface area contributed by atoms with E-state index in [0.29, 0.717) is 18.5 Å². The predicted octanol–water partition coefficient (Wildman–Crippen LogP) is 1.63. The molecule has 1 aromatic carbocycles. The van der Waals surface area contributed by atoms with Crippen molar-refractivity contribution in [1.29, 1.82) is 0 Å². The van der Waals surface area contributed by atoms with E-state index >= 15 is 0 Å². The molecule has 4 heterocycles. The number of piperidine rings is 1. The third-order valence-corrected chi connectivity index (χ3v) is 6.23. The van der Waals surface area contributed by atoms with Gasteiger partial charge in [0.15, 0.2) is 11.5 Å². The number of likely N-dealkylation sites (tertiary alicyclic amines) is 1. The average Bonchev–Trinajstić information content (AvgIpc) is 3.28. The number of benzene rings is 1. The van der Waals surface area contributed by atoms with Crippen LogP contribution in [0.3, 0.4) is 0 Å². The van der Waals surface area contributed by atoms with E-state index in [1.807, 2.05) is 11.0 Å². The summed E-state index contributed by atoms with van der Waals surface area (Å²) in [6.45, 7) is 6.94. The number of aromatic nitrogens is 2. The van der Waals surface area contributed by atoms with Gasteiger partial charge in [-0.2, -0.15) is 0 Å². The van der Waals surface area contributed by atoms with Crippen LogP contribution in [-0.2, 0) is 6.54 Å². The SMILES string of the molecule is O=C(c1cnccn1)N1CCC[C@H](N2CCN(Cc3ccc4c(c3)OCO4)CC2)C1. The normalized spacial score (nSPS) is 22.3. The smallest absolute Gasteiger partial charge is 0.274 e. The second kappa shape index (κ2) is 8.57. The Hall–Kier alpha value is -2.71. The minimum absolute atomic E-state index is 0.00533. The van der Waals surface area contributed by atoms with Gasteiger partial charge in [0.1, 0.15) is 5.69 Å². The maximum atomic E-state index is 12.7. The van der Waals surface area contributed by atoms with Crippen LogP contribution in [0.5, 0.6) is 11.5 Å². The van der Waals surface area contributed by atoms with E-state index < -0.39 is 0 Å². The van der Waals surface area contributed by atoms with Crippen molar-refractivity contribution in [3.8, 4) is 11.5 Å². The van der Waals surface area contributed by atoms with Crippen LogP contribution < -0.4 is 9.47 Å². The molecule has 5 rings (SSSR count). The number of rotatable bonds is 4. The van der Waals surface area contributed by atoms with Crippen molar-refractivity contribution in [2.24, 2.45) is 0 Å². The maximum Gasteiger partial charge on any atom is 0.274 e. The van der Waals surface area contributed by atoms with Crippen molar-refractivity contribution in [1.82, 2.24) is 24.7 Å². The topological polar surface area (TPSA) is 71.0 Å². The lowest BCUT2D eigenvalue weighted by Gasteiger charge is -2.43. The molecule has 0 bridgehead atoms. The second-order valence-electron chi connectivity index (χ2n) is 8.14. The monoisotopic (exact) mass is 409 g/mol. The Morgan fingerprint density at radius 3 is 2.77 bits per heavy atom. The number of carbonyl (C=O) groups excluding carboxylic acids is 1. The summed E-state index contributed by atoms with van der Waals surface area (Å²) in [7, 11) is 0. The average molecular weight is 409 g/mol. The van der Waals surface area contributed by atoms with E-state index in [2.05, 4.69) is 31.9 Å². The first-order valence-electron chi connectivity index (χ1n) is 10.7. The molecule has 3 aliphatic rings. The summed E-state index contributed by atoms with van der Waals surface area (Å²) in [4.78, 5) is 27.9. The minimum Gasteiger partial charge on any atom is -0.454 e. The van der Waals surface area contributed by atoms with Crippen LogP contribution in [0, 0.1) is 0 Å². The molecule has 1 amide bonds. The van der Waals surface area contributed by atoms with Gasteiger partial charge in [-0.1, -0.05) is 6.07 Å². The summed E-state index contributed by atoms with van der Waals surface area (Å²) >= 11 is 0. The molecular weight excluding hydrogens is 382 g/mol. The molecule has 0 radical (unpaired) electrons. The van der Waals surface area contributed by atoms with Crippen molar-refractivity contribution in [2.75, 3.05) is 46.1 Å². The van der Waals surface area contributed by atoms with E-state index in [9.17, 15) is 4.79 Å². The van der Waals surface area contributed by atoms with Crippen LogP contribution in [0.2, 0.25) is 0 Å². The van der Waals surface area contributed by atoms with E-state index in [1.165, 1.54) is 5.56 Å². The molecule has 30 heavy (non-hydrogen) atoms. The van der Waals surface area contributed by atoms with E-state index in [1.54, 1.807) is 18.6 Å². The highest BCUT2D eigenvalue weighted by Crippen LogP contribution is 2.33. The zero-order valence-corrected chi connectivity index (χ0v) is 17.1. The fourth-order valence-electron chi connectivity index (χ4n) is 4.59. The molecule has 0 unspecified atom stereocenters. The second-order valence-corrected chi connectivity index (χ2v) is 8.14. The van der Waals surface area contributed by atoms with Crippen LogP contribution in [0.15, 0.2) is 36.8 Å². The van der Waals surface area contributed by atoms with Gasteiger partial charge in [-0.15, -0.1) is 0 Å². The lowest BCUT2D eigenvalue weighted by Crippen LogP contribution is -2.55. The van der Waals surface area contributed by atoms with Gasteiger partial charge in [0.25, 0.3) is 5.91 Å². The van der Waals surface area contributed by atoms with Gasteiger partial charge in [0.05, 0.1) is 6.20 Å².